The first-order valence-corrected chi connectivity index (χ1v) is 5.04. The summed E-state index contributed by atoms with van der Waals surface area (Å²) >= 11 is 0. The van der Waals surface area contributed by atoms with Crippen LogP contribution in [0.3, 0.4) is 0 Å². The fraction of sp³-hybridized carbons (Fsp3) is 0.500. The van der Waals surface area contributed by atoms with Gasteiger partial charge in [0.1, 0.15) is 5.60 Å². The molecule has 2 atom stereocenters. The van der Waals surface area contributed by atoms with E-state index < -0.39 is 5.60 Å². The number of aryl methyl sites for hydroxylation is 1. The molecule has 2 heteroatoms. The minimum absolute atomic E-state index is 0.108. The van der Waals surface area contributed by atoms with Crippen LogP contribution in [-0.4, -0.2) is 17.8 Å². The minimum Gasteiger partial charge on any atom is -0.382 e. The quantitative estimate of drug-likeness (QED) is 0.737. The molecule has 2 nitrogen and oxygen atoms in total. The molecule has 1 aromatic rings. The predicted octanol–water partition coefficient (Wildman–Crippen LogP) is 1.99. The van der Waals surface area contributed by atoms with Crippen LogP contribution < -0.4 is 0 Å². The Kier molecular flexibility index (Phi) is 2.33. The summed E-state index contributed by atoms with van der Waals surface area (Å²) in [6.45, 7) is 4.60. The molecular weight excluding hydrogens is 176 g/mol. The Bertz CT molecular complexity index is 335. The van der Waals surface area contributed by atoms with Gasteiger partial charge in [0, 0.05) is 6.42 Å². The van der Waals surface area contributed by atoms with Gasteiger partial charge in [-0.2, -0.15) is 0 Å². The van der Waals surface area contributed by atoms with Crippen LogP contribution in [0.25, 0.3) is 0 Å². The van der Waals surface area contributed by atoms with E-state index in [9.17, 15) is 5.11 Å². The standard InChI is InChI=1S/C12H16O2/c1-9-5-3-4-6-11(9)12(13)7-8-14-10(12)2/h3-6,10,13H,7-8H2,1-2H3. The van der Waals surface area contributed by atoms with E-state index in [4.69, 9.17) is 4.74 Å². The summed E-state index contributed by atoms with van der Waals surface area (Å²) in [6.07, 6.45) is 0.586. The number of hydrogen-bond acceptors (Lipinski definition) is 2. The van der Waals surface area contributed by atoms with E-state index in [2.05, 4.69) is 0 Å². The van der Waals surface area contributed by atoms with Crippen molar-refractivity contribution in [3.05, 3.63) is 35.4 Å². The lowest BCUT2D eigenvalue weighted by molar-refractivity contribution is -0.0321. The van der Waals surface area contributed by atoms with E-state index in [1.54, 1.807) is 0 Å². The number of rotatable bonds is 1. The van der Waals surface area contributed by atoms with Gasteiger partial charge in [-0.05, 0) is 25.0 Å². The molecule has 2 rings (SSSR count). The van der Waals surface area contributed by atoms with Gasteiger partial charge in [-0.25, -0.2) is 0 Å². The predicted molar refractivity (Wildman–Crippen MR) is 55.1 cm³/mol. The van der Waals surface area contributed by atoms with Gasteiger partial charge in [-0.3, -0.25) is 0 Å². The van der Waals surface area contributed by atoms with Crippen LogP contribution in [0.15, 0.2) is 24.3 Å². The second-order valence-electron chi connectivity index (χ2n) is 4.00. The normalized spacial score (nSPS) is 32.1. The molecule has 1 N–H and O–H groups in total. The summed E-state index contributed by atoms with van der Waals surface area (Å²) in [5.74, 6) is 0. The SMILES string of the molecule is Cc1ccccc1C1(O)CCOC1C. The molecule has 0 spiro atoms. The number of hydrogen-bond donors (Lipinski definition) is 1. The van der Waals surface area contributed by atoms with Crippen molar-refractivity contribution >= 4 is 0 Å². The molecule has 0 saturated carbocycles. The fourth-order valence-electron chi connectivity index (χ4n) is 2.14. The highest BCUT2D eigenvalue weighted by molar-refractivity contribution is 5.32. The maximum Gasteiger partial charge on any atom is 0.118 e. The highest BCUT2D eigenvalue weighted by Gasteiger charge is 2.41. The van der Waals surface area contributed by atoms with E-state index >= 15 is 0 Å². The Balaban J connectivity index is 2.43. The molecule has 76 valence electrons. The van der Waals surface area contributed by atoms with Gasteiger partial charge < -0.3 is 9.84 Å². The maximum atomic E-state index is 10.5. The largest absolute Gasteiger partial charge is 0.382 e. The first-order chi connectivity index (χ1) is 6.64. The van der Waals surface area contributed by atoms with Crippen LogP contribution in [0.1, 0.15) is 24.5 Å². The highest BCUT2D eigenvalue weighted by atomic mass is 16.5. The molecule has 14 heavy (non-hydrogen) atoms. The van der Waals surface area contributed by atoms with Gasteiger partial charge in [-0.15, -0.1) is 0 Å². The monoisotopic (exact) mass is 192 g/mol. The highest BCUT2D eigenvalue weighted by Crippen LogP contribution is 2.37. The molecule has 0 aliphatic carbocycles. The Morgan fingerprint density at radius 2 is 2.14 bits per heavy atom. The fourth-order valence-corrected chi connectivity index (χ4v) is 2.14. The van der Waals surface area contributed by atoms with Crippen LogP contribution >= 0.6 is 0 Å². The minimum atomic E-state index is -0.786. The number of benzene rings is 1. The van der Waals surface area contributed by atoms with Crippen molar-refractivity contribution in [3.8, 4) is 0 Å². The van der Waals surface area contributed by atoms with Crippen LogP contribution in [0.2, 0.25) is 0 Å². The van der Waals surface area contributed by atoms with Crippen LogP contribution in [-0.2, 0) is 10.3 Å². The molecule has 1 aliphatic rings. The lowest BCUT2D eigenvalue weighted by Gasteiger charge is -2.28. The van der Waals surface area contributed by atoms with Crippen molar-refractivity contribution in [1.82, 2.24) is 0 Å². The zero-order valence-electron chi connectivity index (χ0n) is 8.66. The zero-order valence-corrected chi connectivity index (χ0v) is 8.66. The molecule has 1 fully saturated rings. The first kappa shape index (κ1) is 9.69. The van der Waals surface area contributed by atoms with Gasteiger partial charge in [0.05, 0.1) is 12.7 Å². The smallest absolute Gasteiger partial charge is 0.118 e. The molecular formula is C12H16O2. The van der Waals surface area contributed by atoms with Crippen molar-refractivity contribution in [2.45, 2.75) is 32.0 Å². The number of aliphatic hydroxyl groups is 1. The summed E-state index contributed by atoms with van der Waals surface area (Å²) in [5, 5.41) is 10.5. The topological polar surface area (TPSA) is 29.5 Å². The summed E-state index contributed by atoms with van der Waals surface area (Å²) in [6, 6.07) is 7.97. The lowest BCUT2D eigenvalue weighted by atomic mass is 9.85. The van der Waals surface area contributed by atoms with E-state index in [0.29, 0.717) is 13.0 Å². The van der Waals surface area contributed by atoms with E-state index in [1.807, 2.05) is 38.1 Å². The number of ether oxygens (including phenoxy) is 1. The van der Waals surface area contributed by atoms with E-state index in [-0.39, 0.29) is 6.10 Å². The van der Waals surface area contributed by atoms with Crippen molar-refractivity contribution < 1.29 is 9.84 Å². The molecule has 1 heterocycles. The zero-order chi connectivity index (χ0) is 10.2. The van der Waals surface area contributed by atoms with Crippen molar-refractivity contribution in [1.29, 1.82) is 0 Å². The third kappa shape index (κ3) is 1.35. The average Bonchev–Trinajstić information content (AvgIpc) is 2.49. The molecule has 0 aromatic heterocycles. The third-order valence-corrected chi connectivity index (χ3v) is 3.14. The second-order valence-corrected chi connectivity index (χ2v) is 4.00. The summed E-state index contributed by atoms with van der Waals surface area (Å²) in [4.78, 5) is 0. The molecule has 0 radical (unpaired) electrons. The summed E-state index contributed by atoms with van der Waals surface area (Å²) in [5.41, 5.74) is 1.35. The average molecular weight is 192 g/mol. The molecule has 0 amide bonds. The van der Waals surface area contributed by atoms with Gasteiger partial charge in [0.15, 0.2) is 0 Å². The molecule has 1 saturated heterocycles. The van der Waals surface area contributed by atoms with Crippen LogP contribution in [0, 0.1) is 6.92 Å². The molecule has 2 unspecified atom stereocenters. The second kappa shape index (κ2) is 3.37. The van der Waals surface area contributed by atoms with Crippen LogP contribution in [0.5, 0.6) is 0 Å². The van der Waals surface area contributed by atoms with Gasteiger partial charge in [0.25, 0.3) is 0 Å². The van der Waals surface area contributed by atoms with Gasteiger partial charge in [0.2, 0.25) is 0 Å². The Morgan fingerprint density at radius 3 is 2.71 bits per heavy atom. The molecule has 0 bridgehead atoms. The Morgan fingerprint density at radius 1 is 1.43 bits per heavy atom. The van der Waals surface area contributed by atoms with E-state index in [1.165, 1.54) is 0 Å². The third-order valence-electron chi connectivity index (χ3n) is 3.14. The van der Waals surface area contributed by atoms with Crippen molar-refractivity contribution in [3.63, 3.8) is 0 Å². The van der Waals surface area contributed by atoms with Crippen LogP contribution in [0.4, 0.5) is 0 Å². The van der Waals surface area contributed by atoms with Gasteiger partial charge in [-0.1, -0.05) is 24.3 Å². The first-order valence-electron chi connectivity index (χ1n) is 5.04. The summed E-state index contributed by atoms with van der Waals surface area (Å²) < 4.78 is 5.43. The van der Waals surface area contributed by atoms with Crippen molar-refractivity contribution in [2.24, 2.45) is 0 Å². The molecule has 1 aliphatic heterocycles. The van der Waals surface area contributed by atoms with Crippen molar-refractivity contribution in [2.75, 3.05) is 6.61 Å². The lowest BCUT2D eigenvalue weighted by Crippen LogP contribution is -2.33. The Hall–Kier alpha value is -0.860. The Labute approximate surface area is 84.5 Å². The maximum absolute atomic E-state index is 10.5. The summed E-state index contributed by atoms with van der Waals surface area (Å²) in [7, 11) is 0. The van der Waals surface area contributed by atoms with E-state index in [0.717, 1.165) is 11.1 Å². The molecule has 1 aromatic carbocycles. The van der Waals surface area contributed by atoms with Gasteiger partial charge >= 0.3 is 0 Å².